The molecular weight excluding hydrogens is 466 g/mol. The van der Waals surface area contributed by atoms with E-state index in [1.165, 1.54) is 6.07 Å². The Morgan fingerprint density at radius 1 is 1.15 bits per heavy atom. The fourth-order valence-corrected chi connectivity index (χ4v) is 5.53. The average Bonchev–Trinajstić information content (AvgIpc) is 3.57. The number of halogens is 1. The van der Waals surface area contributed by atoms with E-state index < -0.39 is 27.1 Å². The number of rotatable bonds is 6. The molecule has 3 aromatic rings. The van der Waals surface area contributed by atoms with Gasteiger partial charge in [0.15, 0.2) is 11.0 Å². The number of sulfonamides is 1. The van der Waals surface area contributed by atoms with Gasteiger partial charge in [-0.3, -0.25) is 14.3 Å². The van der Waals surface area contributed by atoms with Gasteiger partial charge in [-0.1, -0.05) is 23.7 Å². The standard InChI is InChI=1S/C24H22ClNO6S/c1-13-5-8-18(22-12-20(27)17-3-2-4-19(25)23(17)32-22)21(9-13)31-15-10-14(11-15)24(28)26-33(29,30)16-6-7-16/h2-5,8-9,12,14-16H,6-7,10-11H2,1H3,(H,26,28)/t14-,15+. The van der Waals surface area contributed by atoms with Crippen LogP contribution >= 0.6 is 11.6 Å². The van der Waals surface area contributed by atoms with Gasteiger partial charge in [0, 0.05) is 12.0 Å². The lowest BCUT2D eigenvalue weighted by atomic mass is 9.82. The van der Waals surface area contributed by atoms with Crippen LogP contribution in [0.1, 0.15) is 31.2 Å². The quantitative estimate of drug-likeness (QED) is 0.559. The summed E-state index contributed by atoms with van der Waals surface area (Å²) in [6, 6.07) is 12.0. The topological polar surface area (TPSA) is 103 Å². The normalized spacial score (nSPS) is 20.3. The summed E-state index contributed by atoms with van der Waals surface area (Å²) in [5, 5.41) is 0.304. The van der Waals surface area contributed by atoms with Gasteiger partial charge in [0.25, 0.3) is 0 Å². The summed E-state index contributed by atoms with van der Waals surface area (Å²) in [5.74, 6) is -0.0191. The largest absolute Gasteiger partial charge is 0.490 e. The van der Waals surface area contributed by atoms with Crippen LogP contribution in [0.2, 0.25) is 5.02 Å². The van der Waals surface area contributed by atoms with Crippen molar-refractivity contribution in [1.29, 1.82) is 0 Å². The van der Waals surface area contributed by atoms with Gasteiger partial charge < -0.3 is 9.15 Å². The number of nitrogens with one attached hydrogen (secondary N) is 1. The minimum atomic E-state index is -3.55. The Labute approximate surface area is 195 Å². The van der Waals surface area contributed by atoms with Gasteiger partial charge in [-0.2, -0.15) is 0 Å². The van der Waals surface area contributed by atoms with Crippen LogP contribution in [0, 0.1) is 12.8 Å². The second-order valence-electron chi connectivity index (χ2n) is 8.71. The van der Waals surface area contributed by atoms with Gasteiger partial charge in [0.05, 0.1) is 21.2 Å². The van der Waals surface area contributed by atoms with Crippen molar-refractivity contribution in [2.24, 2.45) is 5.92 Å². The van der Waals surface area contributed by atoms with Gasteiger partial charge >= 0.3 is 0 Å². The summed E-state index contributed by atoms with van der Waals surface area (Å²) in [5.41, 5.74) is 1.66. The Bertz CT molecular complexity index is 1420. The van der Waals surface area contributed by atoms with E-state index in [0.717, 1.165) is 5.56 Å². The minimum absolute atomic E-state index is 0.211. The highest BCUT2D eigenvalue weighted by Gasteiger charge is 2.42. The van der Waals surface area contributed by atoms with Crippen molar-refractivity contribution in [2.75, 3.05) is 0 Å². The molecule has 0 atom stereocenters. The first-order valence-corrected chi connectivity index (χ1v) is 12.7. The Kier molecular flexibility index (Phi) is 5.45. The van der Waals surface area contributed by atoms with Crippen molar-refractivity contribution in [3.63, 3.8) is 0 Å². The SMILES string of the molecule is Cc1ccc(-c2cc(=O)c3cccc(Cl)c3o2)c(O[C@H]2C[C@@H](C(=O)NS(=O)(=O)C3CC3)C2)c1. The lowest BCUT2D eigenvalue weighted by molar-refractivity contribution is -0.128. The number of carbonyl (C=O) groups excluding carboxylic acids is 1. The van der Waals surface area contributed by atoms with Crippen molar-refractivity contribution >= 4 is 38.5 Å². The molecule has 2 fully saturated rings. The predicted octanol–water partition coefficient (Wildman–Crippen LogP) is 4.19. The molecule has 9 heteroatoms. The highest BCUT2D eigenvalue weighted by molar-refractivity contribution is 7.90. The molecule has 172 valence electrons. The van der Waals surface area contributed by atoms with E-state index in [4.69, 9.17) is 20.8 Å². The summed E-state index contributed by atoms with van der Waals surface area (Å²) in [6.45, 7) is 1.92. The van der Waals surface area contributed by atoms with Gasteiger partial charge in [0.2, 0.25) is 15.9 Å². The molecule has 0 radical (unpaired) electrons. The molecule has 0 aliphatic heterocycles. The second-order valence-corrected chi connectivity index (χ2v) is 11.1. The van der Waals surface area contributed by atoms with Gasteiger partial charge in [-0.15, -0.1) is 0 Å². The number of hydrogen-bond acceptors (Lipinski definition) is 6. The van der Waals surface area contributed by atoms with Gasteiger partial charge in [-0.25, -0.2) is 8.42 Å². The molecule has 33 heavy (non-hydrogen) atoms. The maximum Gasteiger partial charge on any atom is 0.237 e. The number of aryl methyl sites for hydroxylation is 1. The number of ether oxygens (including phenoxy) is 1. The lowest BCUT2D eigenvalue weighted by Crippen LogP contribution is -2.46. The Morgan fingerprint density at radius 2 is 1.91 bits per heavy atom. The van der Waals surface area contributed by atoms with Gasteiger partial charge in [0.1, 0.15) is 17.6 Å². The molecule has 2 saturated carbocycles. The van der Waals surface area contributed by atoms with Crippen LogP contribution in [0.25, 0.3) is 22.3 Å². The minimum Gasteiger partial charge on any atom is -0.490 e. The summed E-state index contributed by atoms with van der Waals surface area (Å²) >= 11 is 6.24. The fraction of sp³-hybridized carbons (Fsp3) is 0.333. The first-order valence-electron chi connectivity index (χ1n) is 10.8. The Balaban J connectivity index is 1.35. The zero-order valence-corrected chi connectivity index (χ0v) is 19.4. The molecule has 5 rings (SSSR count). The molecule has 2 aliphatic rings. The van der Waals surface area contributed by atoms with Gasteiger partial charge in [-0.05, 0) is 62.4 Å². The molecule has 0 spiro atoms. The third-order valence-electron chi connectivity index (χ3n) is 6.07. The predicted molar refractivity (Wildman–Crippen MR) is 125 cm³/mol. The molecule has 1 amide bonds. The molecule has 0 bridgehead atoms. The highest BCUT2D eigenvalue weighted by atomic mass is 35.5. The van der Waals surface area contributed by atoms with Crippen LogP contribution in [0.5, 0.6) is 5.75 Å². The molecule has 1 heterocycles. The van der Waals surface area contributed by atoms with Crippen molar-refractivity contribution in [3.05, 3.63) is 63.3 Å². The molecule has 0 unspecified atom stereocenters. The van der Waals surface area contributed by atoms with Crippen molar-refractivity contribution < 1.29 is 22.4 Å². The number of amides is 1. The molecule has 1 N–H and O–H groups in total. The smallest absolute Gasteiger partial charge is 0.237 e. The summed E-state index contributed by atoms with van der Waals surface area (Å²) in [6.07, 6.45) is 1.77. The lowest BCUT2D eigenvalue weighted by Gasteiger charge is -2.34. The van der Waals surface area contributed by atoms with Crippen LogP contribution in [-0.4, -0.2) is 25.7 Å². The van der Waals surface area contributed by atoms with Crippen LogP contribution in [0.3, 0.4) is 0 Å². The van der Waals surface area contributed by atoms with E-state index in [-0.39, 0.29) is 11.5 Å². The van der Waals surface area contributed by atoms with Crippen molar-refractivity contribution in [1.82, 2.24) is 4.72 Å². The second kappa shape index (κ2) is 8.18. The van der Waals surface area contributed by atoms with Crippen molar-refractivity contribution in [2.45, 2.75) is 44.0 Å². The fourth-order valence-electron chi connectivity index (χ4n) is 3.95. The number of benzene rings is 2. The molecule has 0 saturated heterocycles. The molecule has 2 aliphatic carbocycles. The monoisotopic (exact) mass is 487 g/mol. The highest BCUT2D eigenvalue weighted by Crippen LogP contribution is 2.38. The first-order chi connectivity index (χ1) is 15.7. The van der Waals surface area contributed by atoms with Crippen LogP contribution in [0.15, 0.2) is 51.7 Å². The van der Waals surface area contributed by atoms with Crippen LogP contribution < -0.4 is 14.9 Å². The van der Waals surface area contributed by atoms with Crippen LogP contribution in [0.4, 0.5) is 0 Å². The number of carbonyl (C=O) groups is 1. The maximum absolute atomic E-state index is 12.6. The Morgan fingerprint density at radius 3 is 2.64 bits per heavy atom. The number of hydrogen-bond donors (Lipinski definition) is 1. The van der Waals surface area contributed by atoms with E-state index in [1.54, 1.807) is 18.2 Å². The number of para-hydroxylation sites is 1. The van der Waals surface area contributed by atoms with E-state index >= 15 is 0 Å². The zero-order valence-electron chi connectivity index (χ0n) is 17.8. The average molecular weight is 488 g/mol. The number of fused-ring (bicyclic) bond motifs is 1. The van der Waals surface area contributed by atoms with Crippen LogP contribution in [-0.2, 0) is 14.8 Å². The van der Waals surface area contributed by atoms with E-state index in [2.05, 4.69) is 4.72 Å². The molecular formula is C24H22ClNO6S. The first kappa shape index (κ1) is 22.0. The Hall–Kier alpha value is -2.84. The summed E-state index contributed by atoms with van der Waals surface area (Å²) < 4.78 is 38.3. The van der Waals surface area contributed by atoms with Crippen molar-refractivity contribution in [3.8, 4) is 17.1 Å². The third-order valence-corrected chi connectivity index (χ3v) is 8.21. The van der Waals surface area contributed by atoms with E-state index in [0.29, 0.717) is 58.7 Å². The maximum atomic E-state index is 12.6. The van der Waals surface area contributed by atoms with E-state index in [1.807, 2.05) is 25.1 Å². The summed E-state index contributed by atoms with van der Waals surface area (Å²) in [4.78, 5) is 24.9. The van der Waals surface area contributed by atoms with E-state index in [9.17, 15) is 18.0 Å². The zero-order chi connectivity index (χ0) is 23.3. The molecule has 2 aromatic carbocycles. The molecule has 1 aromatic heterocycles. The summed E-state index contributed by atoms with van der Waals surface area (Å²) in [7, 11) is -3.55. The molecule has 7 nitrogen and oxygen atoms in total. The third kappa shape index (κ3) is 4.37.